The zero-order valence-electron chi connectivity index (χ0n) is 4.23. The van der Waals surface area contributed by atoms with Crippen molar-refractivity contribution in [1.29, 1.82) is 0 Å². The van der Waals surface area contributed by atoms with Crippen LogP contribution in [0.4, 0.5) is 0 Å². The molecular formula is C5H2Cl2O2. The number of hydrogen-bond acceptors (Lipinski definition) is 2. The summed E-state index contributed by atoms with van der Waals surface area (Å²) in [5.74, 6) is 0. The lowest BCUT2D eigenvalue weighted by Crippen LogP contribution is -1.93. The fraction of sp³-hybridized carbons (Fsp3) is 0. The highest BCUT2D eigenvalue weighted by Gasteiger charge is 1.93. The third-order valence-corrected chi connectivity index (χ3v) is 1.11. The Morgan fingerprint density at radius 3 is 2.44 bits per heavy atom. The maximum Gasteiger partial charge on any atom is 0.338 e. The van der Waals surface area contributed by atoms with Gasteiger partial charge in [-0.05, 0) is 11.6 Å². The Morgan fingerprint density at radius 1 is 1.33 bits per heavy atom. The van der Waals surface area contributed by atoms with Gasteiger partial charge in [0.05, 0.1) is 5.02 Å². The van der Waals surface area contributed by atoms with Gasteiger partial charge in [0.2, 0.25) is 0 Å². The number of halogens is 2. The molecule has 4 heteroatoms. The largest absolute Gasteiger partial charge is 0.411 e. The predicted molar refractivity (Wildman–Crippen MR) is 35.0 cm³/mol. The summed E-state index contributed by atoms with van der Waals surface area (Å²) in [6.45, 7) is 0. The lowest BCUT2D eigenvalue weighted by atomic mass is 10.5. The SMILES string of the molecule is O=c1cc(Cl)cc(Cl)o1. The van der Waals surface area contributed by atoms with Crippen molar-refractivity contribution >= 4 is 23.2 Å². The van der Waals surface area contributed by atoms with Gasteiger partial charge in [-0.3, -0.25) is 0 Å². The van der Waals surface area contributed by atoms with Crippen LogP contribution in [0.1, 0.15) is 0 Å². The molecule has 0 aliphatic heterocycles. The van der Waals surface area contributed by atoms with Crippen molar-refractivity contribution in [3.8, 4) is 0 Å². The first-order chi connectivity index (χ1) is 4.18. The average molecular weight is 165 g/mol. The quantitative estimate of drug-likeness (QED) is 0.587. The Kier molecular flexibility index (Phi) is 1.78. The van der Waals surface area contributed by atoms with Gasteiger partial charge in [0.15, 0.2) is 5.22 Å². The minimum Gasteiger partial charge on any atom is -0.411 e. The molecule has 0 bridgehead atoms. The lowest BCUT2D eigenvalue weighted by molar-refractivity contribution is 0.513. The first-order valence-corrected chi connectivity index (χ1v) is 2.90. The van der Waals surface area contributed by atoms with Crippen molar-refractivity contribution in [1.82, 2.24) is 0 Å². The Labute approximate surface area is 61.0 Å². The van der Waals surface area contributed by atoms with Crippen LogP contribution < -0.4 is 5.63 Å². The van der Waals surface area contributed by atoms with Crippen LogP contribution in [0.2, 0.25) is 10.2 Å². The third kappa shape index (κ3) is 1.73. The standard InChI is InChI=1S/C5H2Cl2O2/c6-3-1-4(7)9-5(8)2-3/h1-2H. The molecule has 0 aliphatic rings. The summed E-state index contributed by atoms with van der Waals surface area (Å²) in [5.41, 5.74) is -0.535. The second-order valence-corrected chi connectivity index (χ2v) is 2.21. The highest BCUT2D eigenvalue weighted by molar-refractivity contribution is 6.33. The lowest BCUT2D eigenvalue weighted by Gasteiger charge is -1.86. The van der Waals surface area contributed by atoms with Crippen LogP contribution in [0.5, 0.6) is 0 Å². The minimum atomic E-state index is -0.535. The summed E-state index contributed by atoms with van der Waals surface area (Å²) < 4.78 is 4.38. The molecule has 2 nitrogen and oxygen atoms in total. The zero-order chi connectivity index (χ0) is 6.85. The minimum absolute atomic E-state index is 0.00694. The molecule has 9 heavy (non-hydrogen) atoms. The Balaban J connectivity index is 3.33. The molecule has 0 unspecified atom stereocenters. The smallest absolute Gasteiger partial charge is 0.338 e. The van der Waals surface area contributed by atoms with Crippen molar-refractivity contribution in [2.75, 3.05) is 0 Å². The van der Waals surface area contributed by atoms with Gasteiger partial charge < -0.3 is 4.42 Å². The summed E-state index contributed by atoms with van der Waals surface area (Å²) in [7, 11) is 0. The van der Waals surface area contributed by atoms with Crippen molar-refractivity contribution in [2.45, 2.75) is 0 Å². The van der Waals surface area contributed by atoms with E-state index in [4.69, 9.17) is 23.2 Å². The van der Waals surface area contributed by atoms with E-state index >= 15 is 0 Å². The Morgan fingerprint density at radius 2 is 2.00 bits per heavy atom. The highest BCUT2D eigenvalue weighted by atomic mass is 35.5. The van der Waals surface area contributed by atoms with Gasteiger partial charge >= 0.3 is 5.63 Å². The molecule has 0 N–H and O–H groups in total. The van der Waals surface area contributed by atoms with Gasteiger partial charge in [-0.25, -0.2) is 4.79 Å². The molecule has 0 radical (unpaired) electrons. The van der Waals surface area contributed by atoms with Crippen LogP contribution in [0.25, 0.3) is 0 Å². The third-order valence-electron chi connectivity index (χ3n) is 0.705. The zero-order valence-corrected chi connectivity index (χ0v) is 5.74. The maximum absolute atomic E-state index is 10.4. The van der Waals surface area contributed by atoms with Crippen LogP contribution in [0.3, 0.4) is 0 Å². The molecule has 48 valence electrons. The monoisotopic (exact) mass is 164 g/mol. The van der Waals surface area contributed by atoms with Crippen molar-refractivity contribution in [3.63, 3.8) is 0 Å². The molecule has 0 amide bonds. The van der Waals surface area contributed by atoms with Gasteiger partial charge in [-0.1, -0.05) is 11.6 Å². The molecule has 0 saturated heterocycles. The second-order valence-electron chi connectivity index (χ2n) is 1.40. The first-order valence-electron chi connectivity index (χ1n) is 2.15. The normalized spacial score (nSPS) is 9.56. The van der Waals surface area contributed by atoms with E-state index in [-0.39, 0.29) is 10.2 Å². The first kappa shape index (κ1) is 6.65. The summed E-state index contributed by atoms with van der Waals surface area (Å²) in [6.07, 6.45) is 0. The van der Waals surface area contributed by atoms with E-state index in [1.165, 1.54) is 6.07 Å². The van der Waals surface area contributed by atoms with Crippen molar-refractivity contribution in [2.24, 2.45) is 0 Å². The topological polar surface area (TPSA) is 30.2 Å². The van der Waals surface area contributed by atoms with Crippen LogP contribution in [0.15, 0.2) is 21.3 Å². The summed E-state index contributed by atoms with van der Waals surface area (Å²) >= 11 is 10.7. The van der Waals surface area contributed by atoms with Crippen LogP contribution >= 0.6 is 23.2 Å². The summed E-state index contributed by atoms with van der Waals surface area (Å²) in [5, 5.41) is 0.295. The van der Waals surface area contributed by atoms with Gasteiger partial charge in [0.25, 0.3) is 0 Å². The Hall–Kier alpha value is -0.470. The molecule has 0 aliphatic carbocycles. The Bertz CT molecular complexity index is 243. The molecule has 1 aromatic rings. The summed E-state index contributed by atoms with van der Waals surface area (Å²) in [6, 6.07) is 2.50. The van der Waals surface area contributed by atoms with Crippen LogP contribution in [-0.2, 0) is 0 Å². The molecule has 0 atom stereocenters. The molecule has 1 aromatic heterocycles. The predicted octanol–water partition coefficient (Wildman–Crippen LogP) is 1.95. The van der Waals surface area contributed by atoms with Crippen molar-refractivity contribution < 1.29 is 4.42 Å². The van der Waals surface area contributed by atoms with E-state index in [9.17, 15) is 4.79 Å². The van der Waals surface area contributed by atoms with Gasteiger partial charge in [0.1, 0.15) is 0 Å². The van der Waals surface area contributed by atoms with Gasteiger partial charge in [-0.2, -0.15) is 0 Å². The van der Waals surface area contributed by atoms with Crippen molar-refractivity contribution in [3.05, 3.63) is 32.8 Å². The van der Waals surface area contributed by atoms with Crippen LogP contribution in [-0.4, -0.2) is 0 Å². The molecule has 0 saturated carbocycles. The van der Waals surface area contributed by atoms with Crippen LogP contribution in [0, 0.1) is 0 Å². The van der Waals surface area contributed by atoms with E-state index in [0.29, 0.717) is 0 Å². The van der Waals surface area contributed by atoms with Gasteiger partial charge in [0, 0.05) is 12.1 Å². The highest BCUT2D eigenvalue weighted by Crippen LogP contribution is 2.11. The molecule has 1 heterocycles. The molecule has 0 spiro atoms. The average Bonchev–Trinajstić information content (AvgIpc) is 1.59. The van der Waals surface area contributed by atoms with E-state index in [1.807, 2.05) is 0 Å². The molecule has 0 aromatic carbocycles. The molecule has 1 rings (SSSR count). The van der Waals surface area contributed by atoms with Gasteiger partial charge in [-0.15, -0.1) is 0 Å². The summed E-state index contributed by atoms with van der Waals surface area (Å²) in [4.78, 5) is 10.4. The second kappa shape index (κ2) is 2.42. The number of hydrogen-bond donors (Lipinski definition) is 0. The maximum atomic E-state index is 10.4. The van der Waals surface area contributed by atoms with E-state index < -0.39 is 5.63 Å². The molecule has 0 fully saturated rings. The number of rotatable bonds is 0. The van der Waals surface area contributed by atoms with E-state index in [0.717, 1.165) is 6.07 Å². The fourth-order valence-corrected chi connectivity index (χ4v) is 0.855. The molecular weight excluding hydrogens is 163 g/mol. The fourth-order valence-electron chi connectivity index (χ4n) is 0.418. The van der Waals surface area contributed by atoms with E-state index in [1.54, 1.807) is 0 Å². The van der Waals surface area contributed by atoms with E-state index in [2.05, 4.69) is 4.42 Å².